The number of guanidine groups is 1. The van der Waals surface area contributed by atoms with E-state index in [0.29, 0.717) is 18.3 Å². The monoisotopic (exact) mass is 211 g/mol. The minimum Gasteiger partial charge on any atom is -0.353 e. The summed E-state index contributed by atoms with van der Waals surface area (Å²) in [5, 5.41) is 7.16. The second-order valence-electron chi connectivity index (χ2n) is 3.44. The van der Waals surface area contributed by atoms with Crippen molar-refractivity contribution in [3.63, 3.8) is 0 Å². The molecule has 0 spiro atoms. The molecule has 0 aliphatic heterocycles. The van der Waals surface area contributed by atoms with Crippen LogP contribution >= 0.6 is 0 Å². The minimum atomic E-state index is 0.275. The van der Waals surface area contributed by atoms with E-state index in [-0.39, 0.29) is 6.04 Å². The average Bonchev–Trinajstić information content (AvgIpc) is 2.58. The molecule has 0 amide bonds. The Morgan fingerprint density at radius 1 is 1.67 bits per heavy atom. The van der Waals surface area contributed by atoms with Crippen LogP contribution < -0.4 is 16.6 Å². The molecule has 0 saturated carbocycles. The predicted molar refractivity (Wildman–Crippen MR) is 57.7 cm³/mol. The van der Waals surface area contributed by atoms with Crippen molar-refractivity contribution in [3.05, 3.63) is 12.2 Å². The molecule has 0 saturated heterocycles. The molecule has 4 N–H and O–H groups in total. The number of nitrogens with two attached hydrogens (primary N) is 1. The number of aromatic nitrogens is 3. The van der Waals surface area contributed by atoms with E-state index in [1.54, 1.807) is 11.0 Å². The molecule has 0 atom stereocenters. The van der Waals surface area contributed by atoms with E-state index >= 15 is 0 Å². The molecule has 84 valence electrons. The molecular weight excluding hydrogens is 194 g/mol. The first kappa shape index (κ1) is 11.4. The van der Waals surface area contributed by atoms with Crippen LogP contribution in [0.1, 0.15) is 19.7 Å². The lowest BCUT2D eigenvalue weighted by Crippen LogP contribution is -2.44. The molecule has 0 aromatic carbocycles. The van der Waals surface area contributed by atoms with Crippen molar-refractivity contribution < 1.29 is 0 Å². The van der Waals surface area contributed by atoms with Gasteiger partial charge in [0.2, 0.25) is 5.96 Å². The van der Waals surface area contributed by atoms with Crippen LogP contribution in [0.15, 0.2) is 11.3 Å². The van der Waals surface area contributed by atoms with Gasteiger partial charge in [0.15, 0.2) is 5.82 Å². The Bertz CT molecular complexity index is 327. The fourth-order valence-corrected chi connectivity index (χ4v) is 1.01. The molecule has 1 heterocycles. The van der Waals surface area contributed by atoms with Crippen molar-refractivity contribution in [1.29, 1.82) is 0 Å². The Balaban J connectivity index is 2.54. The third-order valence-electron chi connectivity index (χ3n) is 1.59. The second-order valence-corrected chi connectivity index (χ2v) is 3.44. The molecule has 0 fully saturated rings. The van der Waals surface area contributed by atoms with E-state index in [2.05, 4.69) is 25.8 Å². The smallest absolute Gasteiger partial charge is 0.206 e. The van der Waals surface area contributed by atoms with Crippen molar-refractivity contribution in [3.8, 4) is 0 Å². The predicted octanol–water partition coefficient (Wildman–Crippen LogP) is -0.868. The van der Waals surface area contributed by atoms with Gasteiger partial charge in [0.1, 0.15) is 12.9 Å². The molecular formula is C8H17N7. The van der Waals surface area contributed by atoms with Crippen LogP contribution in [0.5, 0.6) is 0 Å². The number of aliphatic imine (C=N–C) groups is 1. The SMILES string of the molecule is CC(C)NC(=NCc1ncn(C)n1)NN. The Morgan fingerprint density at radius 3 is 2.87 bits per heavy atom. The third-order valence-corrected chi connectivity index (χ3v) is 1.59. The first-order valence-electron chi connectivity index (χ1n) is 4.74. The number of nitrogens with one attached hydrogen (secondary N) is 2. The molecule has 1 aromatic heterocycles. The van der Waals surface area contributed by atoms with Gasteiger partial charge in [-0.15, -0.1) is 0 Å². The van der Waals surface area contributed by atoms with Crippen LogP contribution in [-0.4, -0.2) is 26.8 Å². The number of rotatable bonds is 3. The van der Waals surface area contributed by atoms with Gasteiger partial charge in [-0.2, -0.15) is 5.10 Å². The normalized spacial score (nSPS) is 11.9. The van der Waals surface area contributed by atoms with Crippen LogP contribution in [0.4, 0.5) is 0 Å². The summed E-state index contributed by atoms with van der Waals surface area (Å²) in [4.78, 5) is 8.25. The highest BCUT2D eigenvalue weighted by molar-refractivity contribution is 5.79. The van der Waals surface area contributed by atoms with Crippen molar-refractivity contribution in [2.24, 2.45) is 17.9 Å². The lowest BCUT2D eigenvalue weighted by Gasteiger charge is -2.11. The van der Waals surface area contributed by atoms with E-state index in [9.17, 15) is 0 Å². The quantitative estimate of drug-likeness (QED) is 0.262. The zero-order valence-electron chi connectivity index (χ0n) is 9.23. The van der Waals surface area contributed by atoms with E-state index in [1.807, 2.05) is 20.9 Å². The van der Waals surface area contributed by atoms with E-state index < -0.39 is 0 Å². The van der Waals surface area contributed by atoms with Gasteiger partial charge in [-0.1, -0.05) is 0 Å². The van der Waals surface area contributed by atoms with Crippen LogP contribution in [-0.2, 0) is 13.6 Å². The molecule has 15 heavy (non-hydrogen) atoms. The van der Waals surface area contributed by atoms with Gasteiger partial charge in [0.05, 0.1) is 0 Å². The third kappa shape index (κ3) is 3.94. The van der Waals surface area contributed by atoms with E-state index in [0.717, 1.165) is 0 Å². The molecule has 0 unspecified atom stereocenters. The maximum absolute atomic E-state index is 5.30. The lowest BCUT2D eigenvalue weighted by atomic mass is 10.4. The summed E-state index contributed by atoms with van der Waals surface area (Å²) in [7, 11) is 1.81. The fourth-order valence-electron chi connectivity index (χ4n) is 1.01. The Kier molecular flexibility index (Phi) is 4.04. The molecule has 0 bridgehead atoms. The van der Waals surface area contributed by atoms with Crippen molar-refractivity contribution in [2.45, 2.75) is 26.4 Å². The van der Waals surface area contributed by atoms with Crippen molar-refractivity contribution >= 4 is 5.96 Å². The van der Waals surface area contributed by atoms with Crippen molar-refractivity contribution in [2.75, 3.05) is 0 Å². The summed E-state index contributed by atoms with van der Waals surface area (Å²) >= 11 is 0. The zero-order valence-corrected chi connectivity index (χ0v) is 9.23. The summed E-state index contributed by atoms with van der Waals surface area (Å²) < 4.78 is 1.64. The number of hydrazine groups is 1. The van der Waals surface area contributed by atoms with Gasteiger partial charge in [-0.05, 0) is 13.8 Å². The summed E-state index contributed by atoms with van der Waals surface area (Å²) in [6.07, 6.45) is 1.64. The van der Waals surface area contributed by atoms with Crippen LogP contribution in [0.3, 0.4) is 0 Å². The first-order valence-corrected chi connectivity index (χ1v) is 4.74. The van der Waals surface area contributed by atoms with Crippen LogP contribution in [0.25, 0.3) is 0 Å². The lowest BCUT2D eigenvalue weighted by molar-refractivity contribution is 0.697. The van der Waals surface area contributed by atoms with E-state index in [4.69, 9.17) is 5.84 Å². The molecule has 7 heteroatoms. The highest BCUT2D eigenvalue weighted by atomic mass is 15.3. The van der Waals surface area contributed by atoms with Crippen LogP contribution in [0, 0.1) is 0 Å². The Labute approximate surface area is 88.8 Å². The Hall–Kier alpha value is -1.63. The van der Waals surface area contributed by atoms with E-state index in [1.165, 1.54) is 0 Å². The highest BCUT2D eigenvalue weighted by Gasteiger charge is 2.00. The number of hydrogen-bond donors (Lipinski definition) is 3. The molecule has 0 radical (unpaired) electrons. The van der Waals surface area contributed by atoms with Gasteiger partial charge in [-0.3, -0.25) is 10.1 Å². The topological polar surface area (TPSA) is 93.1 Å². The summed E-state index contributed by atoms with van der Waals surface area (Å²) in [5.41, 5.74) is 2.49. The molecule has 0 aliphatic rings. The summed E-state index contributed by atoms with van der Waals surface area (Å²) in [5.74, 6) is 6.50. The van der Waals surface area contributed by atoms with Gasteiger partial charge >= 0.3 is 0 Å². The largest absolute Gasteiger partial charge is 0.353 e. The highest BCUT2D eigenvalue weighted by Crippen LogP contribution is 1.90. The number of hydrogen-bond acceptors (Lipinski definition) is 4. The number of nitrogens with zero attached hydrogens (tertiary/aromatic N) is 4. The number of aryl methyl sites for hydroxylation is 1. The summed E-state index contributed by atoms with van der Waals surface area (Å²) in [6, 6.07) is 0.275. The molecule has 1 aromatic rings. The average molecular weight is 211 g/mol. The summed E-state index contributed by atoms with van der Waals surface area (Å²) in [6.45, 7) is 4.41. The van der Waals surface area contributed by atoms with Crippen molar-refractivity contribution in [1.82, 2.24) is 25.5 Å². The first-order chi connectivity index (χ1) is 7.11. The zero-order chi connectivity index (χ0) is 11.3. The van der Waals surface area contributed by atoms with Crippen LogP contribution in [0.2, 0.25) is 0 Å². The second kappa shape index (κ2) is 5.30. The molecule has 7 nitrogen and oxygen atoms in total. The standard InChI is InChI=1S/C8H17N7/c1-6(2)12-8(13-9)10-4-7-11-5-15(3)14-7/h5-6H,4,9H2,1-3H3,(H2,10,12,13). The fraction of sp³-hybridized carbons (Fsp3) is 0.625. The molecule has 0 aliphatic carbocycles. The van der Waals surface area contributed by atoms with Gasteiger partial charge in [0, 0.05) is 13.1 Å². The van der Waals surface area contributed by atoms with Gasteiger partial charge in [-0.25, -0.2) is 15.8 Å². The maximum atomic E-state index is 5.30. The Morgan fingerprint density at radius 2 is 2.40 bits per heavy atom. The molecule has 1 rings (SSSR count). The minimum absolute atomic E-state index is 0.275. The van der Waals surface area contributed by atoms with Gasteiger partial charge in [0.25, 0.3) is 0 Å². The maximum Gasteiger partial charge on any atom is 0.206 e. The van der Waals surface area contributed by atoms with Gasteiger partial charge < -0.3 is 5.32 Å².